The lowest BCUT2D eigenvalue weighted by Crippen LogP contribution is -2.51. The van der Waals surface area contributed by atoms with Crippen molar-refractivity contribution in [2.24, 2.45) is 5.92 Å². The van der Waals surface area contributed by atoms with Crippen molar-refractivity contribution in [3.05, 3.63) is 58.9 Å². The van der Waals surface area contributed by atoms with E-state index < -0.39 is 18.3 Å². The van der Waals surface area contributed by atoms with Crippen molar-refractivity contribution in [3.63, 3.8) is 0 Å². The molecule has 3 N–H and O–H groups in total. The second-order valence-corrected chi connectivity index (χ2v) is 9.48. The number of aryl methyl sites for hydroxylation is 1. The summed E-state index contributed by atoms with van der Waals surface area (Å²) >= 11 is 0. The number of hydrogen-bond donors (Lipinski definition) is 3. The zero-order valence-electron chi connectivity index (χ0n) is 21.6. The number of benzene rings is 1. The summed E-state index contributed by atoms with van der Waals surface area (Å²) in [5.74, 6) is 1.07. The Labute approximate surface area is 215 Å². The maximum absolute atomic E-state index is 13.1. The van der Waals surface area contributed by atoms with E-state index in [0.717, 1.165) is 5.92 Å². The summed E-state index contributed by atoms with van der Waals surface area (Å²) in [7, 11) is 1.62. The zero-order chi connectivity index (χ0) is 27.6. The fourth-order valence-corrected chi connectivity index (χ4v) is 3.63. The van der Waals surface area contributed by atoms with Crippen molar-refractivity contribution in [1.82, 2.24) is 16.2 Å². The first-order valence-corrected chi connectivity index (χ1v) is 12.2. The molecule has 0 aromatic heterocycles. The Bertz CT molecular complexity index is 1030. The van der Waals surface area contributed by atoms with Crippen LogP contribution in [0.25, 0.3) is 5.57 Å². The molecule has 0 unspecified atom stereocenters. The number of nitriles is 1. The van der Waals surface area contributed by atoms with Crippen molar-refractivity contribution >= 4 is 5.57 Å². The molecule has 0 spiro atoms. The van der Waals surface area contributed by atoms with Crippen molar-refractivity contribution in [1.29, 1.82) is 5.26 Å². The second kappa shape index (κ2) is 13.5. The summed E-state index contributed by atoms with van der Waals surface area (Å²) in [6, 6.07) is 6.47. The minimum absolute atomic E-state index is 0.00352. The molecule has 0 atom stereocenters. The van der Waals surface area contributed by atoms with Gasteiger partial charge in [-0.2, -0.15) is 27.2 Å². The minimum Gasteiger partial charge on any atom is -0.435 e. The number of halogens is 5. The number of nitrogens with one attached hydrogen (secondary N) is 3. The molecule has 204 valence electrons. The SMILES string of the molecule is CC1CCC1.CN/C=C(\C=C/C/C(C)=C(\C#N)c1ccc(OC(F)F)cc1C)NNC1(C(F)(F)F)CC1. The molecule has 0 aliphatic heterocycles. The van der Waals surface area contributed by atoms with Crippen LogP contribution in [0.4, 0.5) is 22.0 Å². The molecule has 10 heteroatoms. The molecule has 5 nitrogen and oxygen atoms in total. The molecule has 1 aromatic carbocycles. The van der Waals surface area contributed by atoms with Gasteiger partial charge in [0.25, 0.3) is 0 Å². The molecule has 37 heavy (non-hydrogen) atoms. The van der Waals surface area contributed by atoms with Gasteiger partial charge in [-0.3, -0.25) is 0 Å². The van der Waals surface area contributed by atoms with Gasteiger partial charge in [0, 0.05) is 13.2 Å². The van der Waals surface area contributed by atoms with E-state index in [2.05, 4.69) is 33.9 Å². The smallest absolute Gasteiger partial charge is 0.408 e. The normalized spacial score (nSPS) is 17.8. The zero-order valence-corrected chi connectivity index (χ0v) is 21.6. The average molecular weight is 527 g/mol. The van der Waals surface area contributed by atoms with Gasteiger partial charge in [0.2, 0.25) is 0 Å². The van der Waals surface area contributed by atoms with Gasteiger partial charge in [-0.05, 0) is 74.4 Å². The molecule has 0 saturated heterocycles. The van der Waals surface area contributed by atoms with E-state index in [1.54, 1.807) is 39.1 Å². The topological polar surface area (TPSA) is 69.1 Å². The summed E-state index contributed by atoms with van der Waals surface area (Å²) in [5.41, 5.74) is 5.72. The van der Waals surface area contributed by atoms with Crippen LogP contribution in [0.3, 0.4) is 0 Å². The van der Waals surface area contributed by atoms with Crippen LogP contribution in [0, 0.1) is 24.2 Å². The maximum Gasteiger partial charge on any atom is 0.408 e. The van der Waals surface area contributed by atoms with Crippen LogP contribution in [0.15, 0.2) is 47.8 Å². The van der Waals surface area contributed by atoms with E-state index in [1.807, 2.05) is 0 Å². The van der Waals surface area contributed by atoms with Crippen LogP contribution in [-0.2, 0) is 0 Å². The van der Waals surface area contributed by atoms with Crippen LogP contribution in [0.2, 0.25) is 0 Å². The second-order valence-electron chi connectivity index (χ2n) is 9.48. The first-order chi connectivity index (χ1) is 17.4. The van der Waals surface area contributed by atoms with Gasteiger partial charge in [-0.15, -0.1) is 0 Å². The summed E-state index contributed by atoms with van der Waals surface area (Å²) in [5, 5.41) is 12.4. The molecule has 2 aliphatic carbocycles. The van der Waals surface area contributed by atoms with Gasteiger partial charge < -0.3 is 15.5 Å². The molecule has 0 radical (unpaired) electrons. The highest BCUT2D eigenvalue weighted by Crippen LogP contribution is 2.48. The Morgan fingerprint density at radius 1 is 1.27 bits per heavy atom. The van der Waals surface area contributed by atoms with Crippen LogP contribution in [-0.4, -0.2) is 25.4 Å². The quantitative estimate of drug-likeness (QED) is 0.134. The minimum atomic E-state index is -4.34. The predicted molar refractivity (Wildman–Crippen MR) is 134 cm³/mol. The van der Waals surface area contributed by atoms with E-state index in [4.69, 9.17) is 0 Å². The highest BCUT2D eigenvalue weighted by Gasteiger charge is 2.63. The van der Waals surface area contributed by atoms with Crippen LogP contribution in [0.5, 0.6) is 5.75 Å². The molecule has 3 rings (SSSR count). The molecular weight excluding hydrogens is 491 g/mol. The van der Waals surface area contributed by atoms with E-state index in [9.17, 15) is 27.2 Å². The number of rotatable bonds is 10. The number of alkyl halides is 5. The lowest BCUT2D eigenvalue weighted by molar-refractivity contribution is -0.168. The number of ether oxygens (including phenoxy) is 1. The standard InChI is InChI=1S/C22H25F5N4O.C5H10/c1-14(19(12-28)18-8-7-17(11-15(18)2)32-20(23)24)5-4-6-16(13-29-3)30-31-21(9-10-21)22(25,26)27;1-5-3-2-4-5/h4,6-8,11,13,20,29-31H,5,9-10H2,1-3H3;5H,2-4H2,1H3/b6-4-,16-13+,19-14+;. The summed E-state index contributed by atoms with van der Waals surface area (Å²) in [4.78, 5) is 0. The molecule has 1 aromatic rings. The van der Waals surface area contributed by atoms with E-state index in [1.165, 1.54) is 37.6 Å². The molecule has 2 fully saturated rings. The van der Waals surface area contributed by atoms with Crippen molar-refractivity contribution in [2.75, 3.05) is 7.05 Å². The van der Waals surface area contributed by atoms with Gasteiger partial charge in [0.15, 0.2) is 0 Å². The molecule has 0 heterocycles. The third-order valence-corrected chi connectivity index (χ3v) is 6.38. The number of hydrazine groups is 1. The fraction of sp³-hybridized carbons (Fsp3) is 0.519. The largest absolute Gasteiger partial charge is 0.435 e. The van der Waals surface area contributed by atoms with Gasteiger partial charge in [0.05, 0.1) is 17.3 Å². The van der Waals surface area contributed by atoms with Crippen LogP contribution >= 0.6 is 0 Å². The molecule has 0 amide bonds. The van der Waals surface area contributed by atoms with E-state index >= 15 is 0 Å². The Hall–Kier alpha value is -3.06. The number of hydrogen-bond acceptors (Lipinski definition) is 5. The average Bonchev–Trinajstić information content (AvgIpc) is 3.59. The van der Waals surface area contributed by atoms with Gasteiger partial charge in [-0.1, -0.05) is 37.8 Å². The first kappa shape index (κ1) is 30.2. The lowest BCUT2D eigenvalue weighted by atomic mass is 9.88. The fourth-order valence-electron chi connectivity index (χ4n) is 3.63. The van der Waals surface area contributed by atoms with Gasteiger partial charge in [0.1, 0.15) is 11.3 Å². The lowest BCUT2D eigenvalue weighted by Gasteiger charge is -2.22. The Morgan fingerprint density at radius 3 is 2.35 bits per heavy atom. The predicted octanol–water partition coefficient (Wildman–Crippen LogP) is 6.90. The summed E-state index contributed by atoms with van der Waals surface area (Å²) in [6.07, 6.45) is 5.30. The first-order valence-electron chi connectivity index (χ1n) is 12.2. The number of allylic oxidation sites excluding steroid dienone is 4. The summed E-state index contributed by atoms with van der Waals surface area (Å²) < 4.78 is 68.3. The Balaban J connectivity index is 0.000000856. The van der Waals surface area contributed by atoms with E-state index in [-0.39, 0.29) is 18.6 Å². The molecule has 2 saturated carbocycles. The van der Waals surface area contributed by atoms with Crippen LogP contribution in [0.1, 0.15) is 63.5 Å². The van der Waals surface area contributed by atoms with Crippen molar-refractivity contribution < 1.29 is 26.7 Å². The highest BCUT2D eigenvalue weighted by molar-refractivity contribution is 5.81. The van der Waals surface area contributed by atoms with Gasteiger partial charge in [-0.25, -0.2) is 5.43 Å². The van der Waals surface area contributed by atoms with Crippen molar-refractivity contribution in [2.45, 2.75) is 77.6 Å². The monoisotopic (exact) mass is 526 g/mol. The Kier molecular flexibility index (Phi) is 11.0. The maximum atomic E-state index is 13.1. The highest BCUT2D eigenvalue weighted by atomic mass is 19.4. The van der Waals surface area contributed by atoms with Crippen molar-refractivity contribution in [3.8, 4) is 11.8 Å². The third kappa shape index (κ3) is 9.08. The molecule has 0 bridgehead atoms. The Morgan fingerprint density at radius 2 is 1.92 bits per heavy atom. The molecular formula is C27H35F5N4O. The number of nitrogens with zero attached hydrogens (tertiary/aromatic N) is 1. The molecule has 2 aliphatic rings. The summed E-state index contributed by atoms with van der Waals surface area (Å²) in [6.45, 7) is 2.81. The van der Waals surface area contributed by atoms with Crippen LogP contribution < -0.4 is 20.9 Å². The van der Waals surface area contributed by atoms with E-state index in [0.29, 0.717) is 34.4 Å². The van der Waals surface area contributed by atoms with Gasteiger partial charge >= 0.3 is 12.8 Å². The third-order valence-electron chi connectivity index (χ3n) is 6.38.